The average Bonchev–Trinajstić information content (AvgIpc) is 2.78. The number of aryl methyl sites for hydroxylation is 1. The summed E-state index contributed by atoms with van der Waals surface area (Å²) in [7, 11) is 0. The van der Waals surface area contributed by atoms with Crippen LogP contribution in [0.4, 0.5) is 10.1 Å². The van der Waals surface area contributed by atoms with Crippen molar-refractivity contribution in [3.63, 3.8) is 0 Å². The Hall–Kier alpha value is -3.62. The van der Waals surface area contributed by atoms with Crippen molar-refractivity contribution < 1.29 is 13.9 Å². The van der Waals surface area contributed by atoms with E-state index in [0.29, 0.717) is 22.6 Å². The minimum Gasteiger partial charge on any atom is -0.487 e. The molecule has 0 fully saturated rings. The molecule has 0 saturated carbocycles. The maximum absolute atomic E-state index is 13.7. The van der Waals surface area contributed by atoms with Crippen LogP contribution in [0, 0.1) is 17.1 Å². The number of anilines is 1. The number of carbonyl (C=O) groups is 1. The fourth-order valence-corrected chi connectivity index (χ4v) is 3.08. The summed E-state index contributed by atoms with van der Waals surface area (Å²) in [6, 6.07) is 20.5. The molecule has 0 radical (unpaired) electrons. The standard InChI is InChI=1S/C25H20ClFN2O2/c1-2-17-7-10-21(11-8-17)29-25(30)20(15-28)13-18-9-12-24(22(26)14-18)31-16-19-5-3-4-6-23(19)27/h3-14H,2,16H2,1H3,(H,29,30)/b20-13+. The summed E-state index contributed by atoms with van der Waals surface area (Å²) in [5.74, 6) is -0.490. The van der Waals surface area contributed by atoms with Crippen molar-refractivity contribution in [2.45, 2.75) is 20.0 Å². The molecule has 31 heavy (non-hydrogen) atoms. The van der Waals surface area contributed by atoms with Crippen LogP contribution in [0.3, 0.4) is 0 Å². The number of amides is 1. The Kier molecular flexibility index (Phi) is 7.42. The molecule has 1 amide bonds. The zero-order chi connectivity index (χ0) is 22.2. The van der Waals surface area contributed by atoms with Gasteiger partial charge >= 0.3 is 0 Å². The highest BCUT2D eigenvalue weighted by atomic mass is 35.5. The van der Waals surface area contributed by atoms with Gasteiger partial charge < -0.3 is 10.1 Å². The van der Waals surface area contributed by atoms with Crippen molar-refractivity contribution in [3.05, 3.63) is 99.8 Å². The van der Waals surface area contributed by atoms with Gasteiger partial charge in [-0.3, -0.25) is 4.79 Å². The second-order valence-corrected chi connectivity index (χ2v) is 7.15. The van der Waals surface area contributed by atoms with Gasteiger partial charge in [-0.25, -0.2) is 4.39 Å². The molecule has 156 valence electrons. The normalized spacial score (nSPS) is 11.0. The number of halogens is 2. The molecule has 0 aliphatic rings. The third kappa shape index (κ3) is 5.94. The van der Waals surface area contributed by atoms with Gasteiger partial charge in [0.2, 0.25) is 0 Å². The van der Waals surface area contributed by atoms with Gasteiger partial charge in [0.15, 0.2) is 0 Å². The topological polar surface area (TPSA) is 62.1 Å². The van der Waals surface area contributed by atoms with Gasteiger partial charge in [0, 0.05) is 11.3 Å². The van der Waals surface area contributed by atoms with E-state index in [2.05, 4.69) is 5.32 Å². The number of hydrogen-bond donors (Lipinski definition) is 1. The maximum Gasteiger partial charge on any atom is 0.266 e. The lowest BCUT2D eigenvalue weighted by molar-refractivity contribution is -0.112. The van der Waals surface area contributed by atoms with E-state index < -0.39 is 5.91 Å². The van der Waals surface area contributed by atoms with Crippen molar-refractivity contribution in [3.8, 4) is 11.8 Å². The zero-order valence-electron chi connectivity index (χ0n) is 16.9. The molecule has 0 bridgehead atoms. The molecule has 0 aliphatic carbocycles. The van der Waals surface area contributed by atoms with Crippen LogP contribution in [0.25, 0.3) is 6.08 Å². The van der Waals surface area contributed by atoms with Crippen molar-refractivity contribution in [2.24, 2.45) is 0 Å². The predicted molar refractivity (Wildman–Crippen MR) is 120 cm³/mol. The van der Waals surface area contributed by atoms with E-state index in [4.69, 9.17) is 16.3 Å². The van der Waals surface area contributed by atoms with E-state index in [9.17, 15) is 14.4 Å². The number of nitrogens with one attached hydrogen (secondary N) is 1. The third-order valence-electron chi connectivity index (χ3n) is 4.59. The predicted octanol–water partition coefficient (Wildman–Crippen LogP) is 6.17. The molecule has 6 heteroatoms. The Bertz CT molecular complexity index is 1150. The van der Waals surface area contributed by atoms with Gasteiger partial charge in [-0.2, -0.15) is 5.26 Å². The SMILES string of the molecule is CCc1ccc(NC(=O)/C(C#N)=C/c2ccc(OCc3ccccc3F)c(Cl)c2)cc1. The Morgan fingerprint density at radius 2 is 1.90 bits per heavy atom. The van der Waals surface area contributed by atoms with Gasteiger partial charge in [-0.05, 0) is 54.0 Å². The van der Waals surface area contributed by atoms with Gasteiger partial charge in [0.25, 0.3) is 5.91 Å². The molecular formula is C25H20ClFN2O2. The number of hydrogen-bond acceptors (Lipinski definition) is 3. The average molecular weight is 435 g/mol. The molecule has 0 aromatic heterocycles. The van der Waals surface area contributed by atoms with E-state index in [0.717, 1.165) is 12.0 Å². The fraction of sp³-hybridized carbons (Fsp3) is 0.120. The van der Waals surface area contributed by atoms with Crippen LogP contribution in [0.1, 0.15) is 23.6 Å². The number of nitrogens with zero attached hydrogens (tertiary/aromatic N) is 1. The Morgan fingerprint density at radius 3 is 2.55 bits per heavy atom. The minimum absolute atomic E-state index is 0.0320. The lowest BCUT2D eigenvalue weighted by Gasteiger charge is -2.09. The van der Waals surface area contributed by atoms with E-state index in [1.807, 2.05) is 25.1 Å². The minimum atomic E-state index is -0.511. The van der Waals surface area contributed by atoms with E-state index in [-0.39, 0.29) is 23.0 Å². The second kappa shape index (κ2) is 10.4. The lowest BCUT2D eigenvalue weighted by atomic mass is 10.1. The number of rotatable bonds is 7. The maximum atomic E-state index is 13.7. The Morgan fingerprint density at radius 1 is 1.16 bits per heavy atom. The second-order valence-electron chi connectivity index (χ2n) is 6.74. The van der Waals surface area contributed by atoms with Crippen LogP contribution in [0.2, 0.25) is 5.02 Å². The highest BCUT2D eigenvalue weighted by molar-refractivity contribution is 6.32. The molecule has 0 heterocycles. The molecule has 0 aliphatic heterocycles. The first-order valence-corrected chi connectivity index (χ1v) is 10.1. The summed E-state index contributed by atoms with van der Waals surface area (Å²) >= 11 is 6.27. The van der Waals surface area contributed by atoms with E-state index in [1.54, 1.807) is 48.5 Å². The third-order valence-corrected chi connectivity index (χ3v) is 4.89. The molecular weight excluding hydrogens is 415 g/mol. The first kappa shape index (κ1) is 22.1. The zero-order valence-corrected chi connectivity index (χ0v) is 17.6. The molecule has 3 aromatic rings. The van der Waals surface area contributed by atoms with Crippen LogP contribution < -0.4 is 10.1 Å². The molecule has 0 saturated heterocycles. The summed E-state index contributed by atoms with van der Waals surface area (Å²) in [5, 5.41) is 12.4. The summed E-state index contributed by atoms with van der Waals surface area (Å²) in [6.07, 6.45) is 2.35. The first-order chi connectivity index (χ1) is 15.0. The molecule has 0 unspecified atom stereocenters. The molecule has 0 atom stereocenters. The van der Waals surface area contributed by atoms with Crippen LogP contribution >= 0.6 is 11.6 Å². The van der Waals surface area contributed by atoms with E-state index in [1.165, 1.54) is 12.1 Å². The van der Waals surface area contributed by atoms with Gasteiger partial charge in [-0.1, -0.05) is 54.9 Å². The van der Waals surface area contributed by atoms with Crippen LogP contribution in [-0.2, 0) is 17.8 Å². The highest BCUT2D eigenvalue weighted by Crippen LogP contribution is 2.27. The lowest BCUT2D eigenvalue weighted by Crippen LogP contribution is -2.13. The van der Waals surface area contributed by atoms with Gasteiger partial charge in [-0.15, -0.1) is 0 Å². The quantitative estimate of drug-likeness (QED) is 0.357. The molecule has 3 rings (SSSR count). The molecule has 4 nitrogen and oxygen atoms in total. The monoisotopic (exact) mass is 434 g/mol. The summed E-state index contributed by atoms with van der Waals surface area (Å²) in [6.45, 7) is 2.08. The van der Waals surface area contributed by atoms with Crippen LogP contribution in [0.15, 0.2) is 72.3 Å². The first-order valence-electron chi connectivity index (χ1n) is 9.68. The Balaban J connectivity index is 1.70. The molecule has 3 aromatic carbocycles. The van der Waals surface area contributed by atoms with Crippen molar-refractivity contribution in [2.75, 3.05) is 5.32 Å². The fourth-order valence-electron chi connectivity index (χ4n) is 2.83. The summed E-state index contributed by atoms with van der Waals surface area (Å²) < 4.78 is 19.3. The summed E-state index contributed by atoms with van der Waals surface area (Å²) in [5.41, 5.74) is 2.68. The number of nitriles is 1. The van der Waals surface area contributed by atoms with Crippen molar-refractivity contribution in [1.82, 2.24) is 0 Å². The van der Waals surface area contributed by atoms with Crippen LogP contribution in [-0.4, -0.2) is 5.91 Å². The van der Waals surface area contributed by atoms with Crippen molar-refractivity contribution >= 4 is 29.3 Å². The number of benzene rings is 3. The van der Waals surface area contributed by atoms with Gasteiger partial charge in [0.05, 0.1) is 5.02 Å². The highest BCUT2D eigenvalue weighted by Gasteiger charge is 2.11. The number of carbonyl (C=O) groups excluding carboxylic acids is 1. The Labute approximate surface area is 185 Å². The van der Waals surface area contributed by atoms with E-state index >= 15 is 0 Å². The van der Waals surface area contributed by atoms with Crippen molar-refractivity contribution in [1.29, 1.82) is 5.26 Å². The smallest absolute Gasteiger partial charge is 0.266 e. The molecule has 1 N–H and O–H groups in total. The van der Waals surface area contributed by atoms with Crippen LogP contribution in [0.5, 0.6) is 5.75 Å². The molecule has 0 spiro atoms. The number of ether oxygens (including phenoxy) is 1. The largest absolute Gasteiger partial charge is 0.487 e. The summed E-state index contributed by atoms with van der Waals surface area (Å²) in [4.78, 5) is 12.5. The van der Waals surface area contributed by atoms with Gasteiger partial charge in [0.1, 0.15) is 29.8 Å².